The number of aromatic nitrogens is 2. The number of anilines is 1. The number of piperidine rings is 1. The van der Waals surface area contributed by atoms with Crippen LogP contribution in [0.4, 0.5) is 5.69 Å². The van der Waals surface area contributed by atoms with E-state index in [-0.39, 0.29) is 11.9 Å². The molecule has 1 aliphatic heterocycles. The molecule has 0 saturated carbocycles. The number of carbonyl (C=O) groups is 1. The van der Waals surface area contributed by atoms with Crippen molar-refractivity contribution in [3.8, 4) is 0 Å². The van der Waals surface area contributed by atoms with Gasteiger partial charge in [-0.25, -0.2) is 0 Å². The van der Waals surface area contributed by atoms with Crippen molar-refractivity contribution in [2.45, 2.75) is 18.9 Å². The number of carbonyl (C=O) groups excluding carboxylic acids is 1. The maximum Gasteiger partial charge on any atom is 0.245 e. The Bertz CT molecular complexity index is 1020. The van der Waals surface area contributed by atoms with Gasteiger partial charge in [0, 0.05) is 23.5 Å². The molecule has 0 spiro atoms. The van der Waals surface area contributed by atoms with Crippen molar-refractivity contribution in [2.24, 2.45) is 0 Å². The monoisotopic (exact) mass is 414 g/mol. The van der Waals surface area contributed by atoms with Crippen molar-refractivity contribution in [1.82, 2.24) is 14.8 Å². The molecule has 0 unspecified atom stereocenters. The van der Waals surface area contributed by atoms with Gasteiger partial charge in [-0.2, -0.15) is 9.89 Å². The van der Waals surface area contributed by atoms with Gasteiger partial charge in [-0.1, -0.05) is 41.9 Å². The smallest absolute Gasteiger partial charge is 0.245 e. The number of nitrogens with zero attached hydrogens (tertiary/aromatic N) is 4. The third-order valence-electron chi connectivity index (χ3n) is 5.11. The van der Waals surface area contributed by atoms with Crippen LogP contribution in [0.5, 0.6) is 0 Å². The van der Waals surface area contributed by atoms with Gasteiger partial charge in [0.1, 0.15) is 0 Å². The van der Waals surface area contributed by atoms with Crippen LogP contribution in [0.25, 0.3) is 10.9 Å². The van der Waals surface area contributed by atoms with E-state index < -0.39 is 0 Å². The molecule has 28 heavy (non-hydrogen) atoms. The number of rotatable bonds is 4. The summed E-state index contributed by atoms with van der Waals surface area (Å²) < 4.78 is 0. The molecule has 7 heteroatoms. The molecule has 4 rings (SSSR count). The molecule has 2 aromatic carbocycles. The van der Waals surface area contributed by atoms with Gasteiger partial charge in [-0.05, 0) is 49.2 Å². The Kier molecular flexibility index (Phi) is 5.29. The summed E-state index contributed by atoms with van der Waals surface area (Å²) in [5.74, 6) is -0.0286. The van der Waals surface area contributed by atoms with Gasteiger partial charge in [-0.3, -0.25) is 9.80 Å². The summed E-state index contributed by atoms with van der Waals surface area (Å²) in [5, 5.41) is 9.05. The zero-order valence-electron chi connectivity index (χ0n) is 15.3. The van der Waals surface area contributed by atoms with Gasteiger partial charge in [0.15, 0.2) is 0 Å². The van der Waals surface area contributed by atoms with Crippen LogP contribution in [-0.4, -0.2) is 39.8 Å². The number of likely N-dealkylation sites (tertiary alicyclic amines) is 1. The summed E-state index contributed by atoms with van der Waals surface area (Å²) in [4.78, 5) is 15.6. The van der Waals surface area contributed by atoms with E-state index in [0.29, 0.717) is 23.1 Å². The normalized spacial score (nSPS) is 15.0. The van der Waals surface area contributed by atoms with Crippen LogP contribution in [0.3, 0.4) is 0 Å². The Morgan fingerprint density at radius 2 is 1.93 bits per heavy atom. The summed E-state index contributed by atoms with van der Waals surface area (Å²) in [6.45, 7) is 4.91. The second kappa shape index (κ2) is 7.86. The lowest BCUT2D eigenvalue weighted by atomic mass is 10.0. The van der Waals surface area contributed by atoms with E-state index in [1.54, 1.807) is 0 Å². The molecule has 1 saturated heterocycles. The molecule has 144 valence electrons. The highest BCUT2D eigenvalue weighted by molar-refractivity contribution is 6.33. The predicted octanol–water partition coefficient (Wildman–Crippen LogP) is 4.79. The summed E-state index contributed by atoms with van der Waals surface area (Å²) >= 11 is 12.8. The largest absolute Gasteiger partial charge is 0.339 e. The molecule has 1 amide bonds. The maximum atomic E-state index is 11.9. The third kappa shape index (κ3) is 3.48. The average molecular weight is 415 g/mol. The minimum atomic E-state index is -0.0286. The van der Waals surface area contributed by atoms with Gasteiger partial charge in [0.05, 0.1) is 28.5 Å². The van der Waals surface area contributed by atoms with E-state index in [2.05, 4.69) is 16.7 Å². The Labute approximate surface area is 173 Å². The second-order valence-corrected chi connectivity index (χ2v) is 7.64. The molecule has 0 aliphatic carbocycles. The first kappa shape index (κ1) is 18.8. The highest BCUT2D eigenvalue weighted by Crippen LogP contribution is 2.32. The summed E-state index contributed by atoms with van der Waals surface area (Å²) in [6, 6.07) is 13.6. The zero-order chi connectivity index (χ0) is 19.7. The Morgan fingerprint density at radius 3 is 2.64 bits per heavy atom. The van der Waals surface area contributed by atoms with Gasteiger partial charge in [-0.15, -0.1) is 0 Å². The Balaban J connectivity index is 1.75. The highest BCUT2D eigenvalue weighted by atomic mass is 35.5. The zero-order valence-corrected chi connectivity index (χ0v) is 16.8. The molecular formula is C21H20Cl2N4O. The molecule has 1 aliphatic rings. The number of hydrogen-bond acceptors (Lipinski definition) is 3. The van der Waals surface area contributed by atoms with E-state index in [9.17, 15) is 4.79 Å². The first-order chi connectivity index (χ1) is 13.6. The van der Waals surface area contributed by atoms with E-state index in [1.165, 1.54) is 6.08 Å². The van der Waals surface area contributed by atoms with Gasteiger partial charge in [0.25, 0.3) is 0 Å². The van der Waals surface area contributed by atoms with Crippen LogP contribution < -0.4 is 5.01 Å². The Hall–Kier alpha value is -2.50. The minimum absolute atomic E-state index is 0.0286. The van der Waals surface area contributed by atoms with Crippen LogP contribution >= 0.6 is 23.2 Å². The first-order valence-electron chi connectivity index (χ1n) is 9.17. The lowest BCUT2D eigenvalue weighted by Gasteiger charge is -2.39. The summed E-state index contributed by atoms with van der Waals surface area (Å²) in [5.41, 5.74) is 1.79. The molecule has 1 fully saturated rings. The third-order valence-corrected chi connectivity index (χ3v) is 5.67. The van der Waals surface area contributed by atoms with Gasteiger partial charge < -0.3 is 4.90 Å². The molecule has 2 heterocycles. The van der Waals surface area contributed by atoms with Crippen molar-refractivity contribution in [2.75, 3.05) is 18.1 Å². The van der Waals surface area contributed by atoms with Crippen LogP contribution in [0.15, 0.2) is 61.3 Å². The van der Waals surface area contributed by atoms with Gasteiger partial charge in [0.2, 0.25) is 5.91 Å². The minimum Gasteiger partial charge on any atom is -0.339 e. The van der Waals surface area contributed by atoms with E-state index in [4.69, 9.17) is 23.2 Å². The van der Waals surface area contributed by atoms with Crippen molar-refractivity contribution >= 4 is 45.7 Å². The SMILES string of the molecule is C=CC(=O)N1CCC(N(c2ccccc2Cl)n2ncc3ccc(Cl)cc32)CC1. The fourth-order valence-electron chi connectivity index (χ4n) is 3.70. The standard InChI is InChI=1S/C21H20Cl2N4O/c1-2-21(28)25-11-9-17(10-12-25)26(19-6-4-3-5-18(19)23)27-20-13-16(22)8-7-15(20)14-24-27/h2-8,13-14,17H,1,9-12H2. The van der Waals surface area contributed by atoms with Crippen LogP contribution in [0, 0.1) is 0 Å². The molecule has 3 aromatic rings. The lowest BCUT2D eigenvalue weighted by molar-refractivity contribution is -0.127. The lowest BCUT2D eigenvalue weighted by Crippen LogP contribution is -2.48. The number of amides is 1. The van der Waals surface area contributed by atoms with Crippen molar-refractivity contribution in [3.63, 3.8) is 0 Å². The van der Waals surface area contributed by atoms with Crippen molar-refractivity contribution in [1.29, 1.82) is 0 Å². The van der Waals surface area contributed by atoms with Crippen molar-refractivity contribution in [3.05, 3.63) is 71.4 Å². The number of halogens is 2. The molecule has 5 nitrogen and oxygen atoms in total. The molecule has 0 bridgehead atoms. The number of hydrogen-bond donors (Lipinski definition) is 0. The maximum absolute atomic E-state index is 11.9. The summed E-state index contributed by atoms with van der Waals surface area (Å²) in [7, 11) is 0. The van der Waals surface area contributed by atoms with Gasteiger partial charge >= 0.3 is 0 Å². The predicted molar refractivity (Wildman–Crippen MR) is 114 cm³/mol. The van der Waals surface area contributed by atoms with Crippen molar-refractivity contribution < 1.29 is 4.79 Å². The number of para-hydroxylation sites is 1. The molecule has 1 aromatic heterocycles. The summed E-state index contributed by atoms with van der Waals surface area (Å²) in [6.07, 6.45) is 4.79. The first-order valence-corrected chi connectivity index (χ1v) is 9.93. The highest BCUT2D eigenvalue weighted by Gasteiger charge is 2.29. The molecule has 0 N–H and O–H groups in total. The van der Waals surface area contributed by atoms with Crippen LogP contribution in [0.1, 0.15) is 12.8 Å². The van der Waals surface area contributed by atoms with Crippen LogP contribution in [-0.2, 0) is 4.79 Å². The molecule has 0 atom stereocenters. The van der Waals surface area contributed by atoms with E-state index in [1.807, 2.05) is 58.4 Å². The number of benzene rings is 2. The molecular weight excluding hydrogens is 395 g/mol. The number of fused-ring (bicyclic) bond motifs is 1. The van der Waals surface area contributed by atoms with E-state index >= 15 is 0 Å². The topological polar surface area (TPSA) is 41.4 Å². The van der Waals surface area contributed by atoms with Crippen LogP contribution in [0.2, 0.25) is 10.0 Å². The average Bonchev–Trinajstić information content (AvgIpc) is 3.12. The van der Waals surface area contributed by atoms with E-state index in [0.717, 1.165) is 29.4 Å². The quantitative estimate of drug-likeness (QED) is 0.576. The fraction of sp³-hybridized carbons (Fsp3) is 0.238. The Morgan fingerprint density at radius 1 is 1.18 bits per heavy atom. The molecule has 0 radical (unpaired) electrons. The fourth-order valence-corrected chi connectivity index (χ4v) is 4.09. The second-order valence-electron chi connectivity index (χ2n) is 6.79.